The summed E-state index contributed by atoms with van der Waals surface area (Å²) in [5, 5.41) is 2.16. The van der Waals surface area contributed by atoms with Crippen molar-refractivity contribution < 1.29 is 4.74 Å². The number of anilines is 1. The molecule has 5 nitrogen and oxygen atoms in total. The van der Waals surface area contributed by atoms with Gasteiger partial charge in [-0.2, -0.15) is 0 Å². The van der Waals surface area contributed by atoms with Gasteiger partial charge in [-0.15, -0.1) is 11.3 Å². The molecule has 2 aliphatic rings. The number of hydrogen-bond donors (Lipinski definition) is 0. The molecular formula is C18H24N4OS. The lowest BCUT2D eigenvalue weighted by Gasteiger charge is -2.23. The molecule has 128 valence electrons. The minimum atomic E-state index is 0.439. The van der Waals surface area contributed by atoms with Crippen molar-refractivity contribution in [3.8, 4) is 0 Å². The molecule has 0 aromatic carbocycles. The summed E-state index contributed by atoms with van der Waals surface area (Å²) in [6.07, 6.45) is 3.97. The molecule has 0 spiro atoms. The van der Waals surface area contributed by atoms with Gasteiger partial charge >= 0.3 is 0 Å². The zero-order valence-electron chi connectivity index (χ0n) is 13.9. The van der Waals surface area contributed by atoms with Gasteiger partial charge in [-0.1, -0.05) is 6.07 Å². The SMILES string of the molecule is c1csc(CN2CCCN(c3cc([C@H]4CCOC4)ncn3)CC2)c1. The summed E-state index contributed by atoms with van der Waals surface area (Å²) in [5.74, 6) is 1.51. The van der Waals surface area contributed by atoms with Crippen molar-refractivity contribution in [3.05, 3.63) is 40.5 Å². The van der Waals surface area contributed by atoms with Gasteiger partial charge in [-0.3, -0.25) is 4.90 Å². The largest absolute Gasteiger partial charge is 0.381 e. The highest BCUT2D eigenvalue weighted by atomic mass is 32.1. The molecule has 0 saturated carbocycles. The Hall–Kier alpha value is -1.50. The molecule has 0 unspecified atom stereocenters. The van der Waals surface area contributed by atoms with Gasteiger partial charge in [0.2, 0.25) is 0 Å². The highest BCUT2D eigenvalue weighted by Crippen LogP contribution is 2.26. The van der Waals surface area contributed by atoms with Crippen LogP contribution in [0.2, 0.25) is 0 Å². The normalized spacial score (nSPS) is 22.7. The number of nitrogens with zero attached hydrogens (tertiary/aromatic N) is 4. The van der Waals surface area contributed by atoms with E-state index in [1.807, 2.05) is 11.3 Å². The van der Waals surface area contributed by atoms with Crippen molar-refractivity contribution in [1.29, 1.82) is 0 Å². The Balaban J connectivity index is 1.40. The first-order valence-corrected chi connectivity index (χ1v) is 9.66. The summed E-state index contributed by atoms with van der Waals surface area (Å²) in [6.45, 7) is 7.06. The summed E-state index contributed by atoms with van der Waals surface area (Å²) < 4.78 is 5.50. The van der Waals surface area contributed by atoms with Crippen LogP contribution in [-0.2, 0) is 11.3 Å². The minimum absolute atomic E-state index is 0.439. The lowest BCUT2D eigenvalue weighted by molar-refractivity contribution is 0.193. The Labute approximate surface area is 147 Å². The Bertz CT molecular complexity index is 642. The van der Waals surface area contributed by atoms with Crippen LogP contribution in [0.4, 0.5) is 5.82 Å². The fraction of sp³-hybridized carbons (Fsp3) is 0.556. The molecule has 0 amide bonds. The van der Waals surface area contributed by atoms with E-state index < -0.39 is 0 Å². The van der Waals surface area contributed by atoms with Gasteiger partial charge in [0.05, 0.1) is 12.3 Å². The quantitative estimate of drug-likeness (QED) is 0.853. The molecule has 2 aromatic heterocycles. The maximum Gasteiger partial charge on any atom is 0.132 e. The number of hydrogen-bond acceptors (Lipinski definition) is 6. The monoisotopic (exact) mass is 344 g/mol. The van der Waals surface area contributed by atoms with Crippen molar-refractivity contribution in [3.63, 3.8) is 0 Å². The lowest BCUT2D eigenvalue weighted by atomic mass is 10.0. The number of rotatable bonds is 4. The lowest BCUT2D eigenvalue weighted by Crippen LogP contribution is -2.31. The molecule has 0 bridgehead atoms. The molecule has 1 atom stereocenters. The topological polar surface area (TPSA) is 41.5 Å². The van der Waals surface area contributed by atoms with E-state index in [2.05, 4.69) is 43.3 Å². The molecule has 2 aromatic rings. The molecule has 0 N–H and O–H groups in total. The van der Waals surface area contributed by atoms with Crippen LogP contribution in [0.25, 0.3) is 0 Å². The van der Waals surface area contributed by atoms with Crippen molar-refractivity contribution >= 4 is 17.2 Å². The minimum Gasteiger partial charge on any atom is -0.381 e. The van der Waals surface area contributed by atoms with Crippen molar-refractivity contribution in [1.82, 2.24) is 14.9 Å². The summed E-state index contributed by atoms with van der Waals surface area (Å²) in [4.78, 5) is 15.4. The van der Waals surface area contributed by atoms with Gasteiger partial charge in [0.15, 0.2) is 0 Å². The zero-order chi connectivity index (χ0) is 16.2. The molecule has 6 heteroatoms. The summed E-state index contributed by atoms with van der Waals surface area (Å²) in [6, 6.07) is 6.54. The second-order valence-corrected chi connectivity index (χ2v) is 7.59. The van der Waals surface area contributed by atoms with Crippen molar-refractivity contribution in [2.45, 2.75) is 25.3 Å². The van der Waals surface area contributed by atoms with E-state index in [1.54, 1.807) is 6.33 Å². The molecule has 2 fully saturated rings. The van der Waals surface area contributed by atoms with Crippen LogP contribution in [0.5, 0.6) is 0 Å². The number of thiophene rings is 1. The maximum absolute atomic E-state index is 5.50. The van der Waals surface area contributed by atoms with Gasteiger partial charge in [-0.05, 0) is 24.3 Å². The standard InChI is InChI=1S/C18H24N4OS/c1-3-16(24-10-1)12-21-5-2-6-22(8-7-21)18-11-17(19-14-20-18)15-4-9-23-13-15/h1,3,10-11,14-15H,2,4-9,12-13H2/t15-/m0/s1. The third kappa shape index (κ3) is 3.77. The van der Waals surface area contributed by atoms with Crippen LogP contribution in [0.15, 0.2) is 29.9 Å². The predicted molar refractivity (Wildman–Crippen MR) is 96.6 cm³/mol. The van der Waals surface area contributed by atoms with E-state index in [4.69, 9.17) is 4.74 Å². The van der Waals surface area contributed by atoms with E-state index in [1.165, 1.54) is 11.3 Å². The van der Waals surface area contributed by atoms with Gasteiger partial charge in [0.25, 0.3) is 0 Å². The van der Waals surface area contributed by atoms with Gasteiger partial charge in [0, 0.05) is 56.2 Å². The van der Waals surface area contributed by atoms with Crippen LogP contribution < -0.4 is 4.90 Å². The first kappa shape index (κ1) is 16.0. The van der Waals surface area contributed by atoms with Crippen molar-refractivity contribution in [2.75, 3.05) is 44.3 Å². The summed E-state index contributed by atoms with van der Waals surface area (Å²) in [5.41, 5.74) is 1.14. The summed E-state index contributed by atoms with van der Waals surface area (Å²) >= 11 is 1.85. The fourth-order valence-electron chi connectivity index (χ4n) is 3.51. The van der Waals surface area contributed by atoms with Crippen LogP contribution in [0.1, 0.15) is 29.3 Å². The Kier molecular flexibility index (Phi) is 5.06. The summed E-state index contributed by atoms with van der Waals surface area (Å²) in [7, 11) is 0. The van der Waals surface area contributed by atoms with Gasteiger partial charge in [-0.25, -0.2) is 9.97 Å². The van der Waals surface area contributed by atoms with Crippen LogP contribution in [-0.4, -0.2) is 54.3 Å². The first-order chi connectivity index (χ1) is 11.9. The van der Waals surface area contributed by atoms with E-state index in [-0.39, 0.29) is 0 Å². The molecule has 0 aliphatic carbocycles. The van der Waals surface area contributed by atoms with E-state index in [9.17, 15) is 0 Å². The molecular weight excluding hydrogens is 320 g/mol. The van der Waals surface area contributed by atoms with Crippen LogP contribution in [0.3, 0.4) is 0 Å². The molecule has 4 heterocycles. The molecule has 24 heavy (non-hydrogen) atoms. The third-order valence-corrected chi connectivity index (χ3v) is 5.75. The number of ether oxygens (including phenoxy) is 1. The van der Waals surface area contributed by atoms with E-state index >= 15 is 0 Å². The Morgan fingerprint density at radius 2 is 2.21 bits per heavy atom. The zero-order valence-corrected chi connectivity index (χ0v) is 14.7. The average Bonchev–Trinajstić information content (AvgIpc) is 3.27. The second-order valence-electron chi connectivity index (χ2n) is 6.56. The second kappa shape index (κ2) is 7.59. The smallest absolute Gasteiger partial charge is 0.132 e. The average molecular weight is 344 g/mol. The molecule has 2 saturated heterocycles. The predicted octanol–water partition coefficient (Wildman–Crippen LogP) is 2.75. The molecule has 0 radical (unpaired) electrons. The maximum atomic E-state index is 5.50. The molecule has 4 rings (SSSR count). The van der Waals surface area contributed by atoms with Crippen LogP contribution in [0, 0.1) is 0 Å². The first-order valence-electron chi connectivity index (χ1n) is 8.78. The number of aromatic nitrogens is 2. The van der Waals surface area contributed by atoms with Crippen molar-refractivity contribution in [2.24, 2.45) is 0 Å². The van der Waals surface area contributed by atoms with Gasteiger partial charge < -0.3 is 9.64 Å². The third-order valence-electron chi connectivity index (χ3n) is 4.89. The highest BCUT2D eigenvalue weighted by molar-refractivity contribution is 7.09. The highest BCUT2D eigenvalue weighted by Gasteiger charge is 2.21. The fourth-order valence-corrected chi connectivity index (χ4v) is 4.25. The van der Waals surface area contributed by atoms with Gasteiger partial charge in [0.1, 0.15) is 12.1 Å². The van der Waals surface area contributed by atoms with E-state index in [0.29, 0.717) is 5.92 Å². The Morgan fingerprint density at radius 3 is 3.04 bits per heavy atom. The molecule has 2 aliphatic heterocycles. The van der Waals surface area contributed by atoms with E-state index in [0.717, 1.165) is 63.9 Å². The Morgan fingerprint density at radius 1 is 1.21 bits per heavy atom. The van der Waals surface area contributed by atoms with Crippen LogP contribution >= 0.6 is 11.3 Å².